The molecule has 1 amide bonds. The fourth-order valence-electron chi connectivity index (χ4n) is 1.41. The van der Waals surface area contributed by atoms with Crippen molar-refractivity contribution in [1.29, 1.82) is 0 Å². The number of nitrogens with one attached hydrogen (secondary N) is 1. The van der Waals surface area contributed by atoms with E-state index in [0.717, 1.165) is 0 Å². The van der Waals surface area contributed by atoms with Crippen molar-refractivity contribution in [2.75, 3.05) is 12.0 Å². The second-order valence-corrected chi connectivity index (χ2v) is 5.93. The summed E-state index contributed by atoms with van der Waals surface area (Å²) < 4.78 is 11.0. The number of carbonyl (C=O) groups excluding carboxylic acids is 1. The number of benzene rings is 1. The molecule has 0 saturated heterocycles. The number of carboxylic acids is 1. The van der Waals surface area contributed by atoms with Gasteiger partial charge in [0.15, 0.2) is 0 Å². The van der Waals surface area contributed by atoms with E-state index in [1.54, 1.807) is 12.1 Å². The molecule has 0 saturated carbocycles. The van der Waals surface area contributed by atoms with Gasteiger partial charge in [0, 0.05) is 33.4 Å². The smallest absolute Gasteiger partial charge is 0.326 e. The van der Waals surface area contributed by atoms with Crippen molar-refractivity contribution < 1.29 is 18.9 Å². The number of halogens is 1. The highest BCUT2D eigenvalue weighted by Crippen LogP contribution is 2.11. The Morgan fingerprint density at radius 1 is 1.47 bits per heavy atom. The topological polar surface area (TPSA) is 83.5 Å². The van der Waals surface area contributed by atoms with Crippen LogP contribution >= 0.6 is 11.6 Å². The maximum absolute atomic E-state index is 11.8. The lowest BCUT2D eigenvalue weighted by molar-refractivity contribution is -0.139. The highest BCUT2D eigenvalue weighted by atomic mass is 35.5. The van der Waals surface area contributed by atoms with E-state index >= 15 is 0 Å². The van der Waals surface area contributed by atoms with Gasteiger partial charge in [0.1, 0.15) is 6.04 Å². The van der Waals surface area contributed by atoms with E-state index < -0.39 is 28.7 Å². The predicted octanol–water partition coefficient (Wildman–Crippen LogP) is 1.29. The minimum Gasteiger partial charge on any atom is -0.480 e. The molecule has 2 N–H and O–H groups in total. The van der Waals surface area contributed by atoms with Crippen LogP contribution in [0.4, 0.5) is 0 Å². The second kappa shape index (κ2) is 7.25. The van der Waals surface area contributed by atoms with Crippen molar-refractivity contribution in [2.45, 2.75) is 12.5 Å². The molecular formula is C12H14ClNO4S. The molecule has 0 aliphatic carbocycles. The molecule has 5 nitrogen and oxygen atoms in total. The van der Waals surface area contributed by atoms with E-state index in [1.807, 2.05) is 0 Å². The zero-order chi connectivity index (χ0) is 14.4. The number of aliphatic carboxylic acids is 1. The Hall–Kier alpha value is -1.40. The van der Waals surface area contributed by atoms with Crippen LogP contribution < -0.4 is 5.32 Å². The van der Waals surface area contributed by atoms with Crippen molar-refractivity contribution in [1.82, 2.24) is 5.32 Å². The molecule has 0 bridgehead atoms. The minimum absolute atomic E-state index is 0.116. The van der Waals surface area contributed by atoms with Gasteiger partial charge in [-0.2, -0.15) is 0 Å². The van der Waals surface area contributed by atoms with Gasteiger partial charge in [-0.05, 0) is 24.6 Å². The average molecular weight is 304 g/mol. The number of hydrogen-bond acceptors (Lipinski definition) is 3. The van der Waals surface area contributed by atoms with Gasteiger partial charge in [-0.15, -0.1) is 0 Å². The van der Waals surface area contributed by atoms with Crippen LogP contribution in [0.1, 0.15) is 16.8 Å². The Balaban J connectivity index is 2.71. The summed E-state index contributed by atoms with van der Waals surface area (Å²) in [6, 6.07) is 5.16. The van der Waals surface area contributed by atoms with Crippen LogP contribution in [0, 0.1) is 0 Å². The fraction of sp³-hybridized carbons (Fsp3) is 0.333. The van der Waals surface area contributed by atoms with E-state index in [1.165, 1.54) is 18.4 Å². The van der Waals surface area contributed by atoms with Crippen LogP contribution in [-0.4, -0.2) is 39.2 Å². The molecule has 1 rings (SSSR count). The predicted molar refractivity (Wildman–Crippen MR) is 73.9 cm³/mol. The first-order valence-electron chi connectivity index (χ1n) is 5.49. The van der Waals surface area contributed by atoms with Gasteiger partial charge in [0.2, 0.25) is 0 Å². The van der Waals surface area contributed by atoms with Crippen molar-refractivity contribution in [3.05, 3.63) is 34.9 Å². The van der Waals surface area contributed by atoms with E-state index in [-0.39, 0.29) is 17.7 Å². The number of amides is 1. The van der Waals surface area contributed by atoms with Crippen molar-refractivity contribution in [3.63, 3.8) is 0 Å². The normalized spacial score (nSPS) is 13.6. The molecular weight excluding hydrogens is 290 g/mol. The molecule has 0 aromatic heterocycles. The highest BCUT2D eigenvalue weighted by molar-refractivity contribution is 7.84. The maximum atomic E-state index is 11.8. The molecule has 0 heterocycles. The molecule has 2 unspecified atom stereocenters. The Morgan fingerprint density at radius 2 is 2.16 bits per heavy atom. The summed E-state index contributed by atoms with van der Waals surface area (Å²) in [6.45, 7) is 0. The third-order valence-corrected chi connectivity index (χ3v) is 3.43. The molecule has 104 valence electrons. The summed E-state index contributed by atoms with van der Waals surface area (Å²) in [4.78, 5) is 22.9. The molecule has 2 atom stereocenters. The van der Waals surface area contributed by atoms with E-state index in [4.69, 9.17) is 16.7 Å². The molecule has 0 aliphatic rings. The van der Waals surface area contributed by atoms with Gasteiger partial charge in [-0.25, -0.2) is 4.79 Å². The Kier molecular flexibility index (Phi) is 5.98. The van der Waals surface area contributed by atoms with Crippen molar-refractivity contribution in [2.24, 2.45) is 0 Å². The van der Waals surface area contributed by atoms with Crippen molar-refractivity contribution >= 4 is 34.3 Å². The molecule has 0 fully saturated rings. The van der Waals surface area contributed by atoms with Crippen molar-refractivity contribution in [3.8, 4) is 0 Å². The summed E-state index contributed by atoms with van der Waals surface area (Å²) in [7, 11) is -1.10. The standard InChI is InChI=1S/C12H14ClNO4S/c1-19(18)6-5-10(12(16)17)14-11(15)8-3-2-4-9(13)7-8/h2-4,7,10H,5-6H2,1H3,(H,14,15)(H,16,17). The Bertz CT molecular complexity index is 506. The summed E-state index contributed by atoms with van der Waals surface area (Å²) in [5.74, 6) is -1.45. The van der Waals surface area contributed by atoms with Gasteiger partial charge in [0.05, 0.1) is 0 Å². The first-order chi connectivity index (χ1) is 8.90. The van der Waals surface area contributed by atoms with Crippen LogP contribution in [0.3, 0.4) is 0 Å². The zero-order valence-corrected chi connectivity index (χ0v) is 11.8. The minimum atomic E-state index is -1.15. The Morgan fingerprint density at radius 3 is 2.68 bits per heavy atom. The first kappa shape index (κ1) is 15.7. The molecule has 1 aromatic rings. The molecule has 19 heavy (non-hydrogen) atoms. The highest BCUT2D eigenvalue weighted by Gasteiger charge is 2.20. The van der Waals surface area contributed by atoms with Gasteiger partial charge in [-0.3, -0.25) is 9.00 Å². The fourth-order valence-corrected chi connectivity index (χ4v) is 2.17. The van der Waals surface area contributed by atoms with Gasteiger partial charge >= 0.3 is 5.97 Å². The maximum Gasteiger partial charge on any atom is 0.326 e. The summed E-state index contributed by atoms with van der Waals surface area (Å²) in [6.07, 6.45) is 1.60. The zero-order valence-electron chi connectivity index (χ0n) is 10.3. The van der Waals surface area contributed by atoms with E-state index in [0.29, 0.717) is 5.02 Å². The van der Waals surface area contributed by atoms with Crippen LogP contribution in [0.2, 0.25) is 5.02 Å². The van der Waals surface area contributed by atoms with Crippen LogP contribution in [0.25, 0.3) is 0 Å². The van der Waals surface area contributed by atoms with Gasteiger partial charge in [-0.1, -0.05) is 17.7 Å². The second-order valence-electron chi connectivity index (χ2n) is 3.94. The quantitative estimate of drug-likeness (QED) is 0.829. The number of rotatable bonds is 6. The molecule has 0 radical (unpaired) electrons. The Labute approximate surface area is 118 Å². The van der Waals surface area contributed by atoms with Gasteiger partial charge < -0.3 is 10.4 Å². The molecule has 0 aliphatic heterocycles. The molecule has 7 heteroatoms. The lowest BCUT2D eigenvalue weighted by Gasteiger charge is -2.13. The van der Waals surface area contributed by atoms with E-state index in [2.05, 4.69) is 5.32 Å². The molecule has 1 aromatic carbocycles. The van der Waals surface area contributed by atoms with Crippen LogP contribution in [-0.2, 0) is 15.6 Å². The molecule has 0 spiro atoms. The third kappa shape index (κ3) is 5.40. The monoisotopic (exact) mass is 303 g/mol. The lowest BCUT2D eigenvalue weighted by atomic mass is 10.1. The number of hydrogen-bond donors (Lipinski definition) is 2. The SMILES string of the molecule is CS(=O)CCC(NC(=O)c1cccc(Cl)c1)C(=O)O. The first-order valence-corrected chi connectivity index (χ1v) is 7.60. The van der Waals surface area contributed by atoms with Gasteiger partial charge in [0.25, 0.3) is 5.91 Å². The van der Waals surface area contributed by atoms with Crippen LogP contribution in [0.5, 0.6) is 0 Å². The number of carbonyl (C=O) groups is 2. The average Bonchev–Trinajstić information content (AvgIpc) is 2.33. The third-order valence-electron chi connectivity index (χ3n) is 2.38. The summed E-state index contributed by atoms with van der Waals surface area (Å²) in [5.41, 5.74) is 0.288. The summed E-state index contributed by atoms with van der Waals surface area (Å²) in [5, 5.41) is 11.8. The largest absolute Gasteiger partial charge is 0.480 e. The van der Waals surface area contributed by atoms with E-state index in [9.17, 15) is 13.8 Å². The summed E-state index contributed by atoms with van der Waals surface area (Å²) >= 11 is 5.75. The van der Waals surface area contributed by atoms with Crippen LogP contribution in [0.15, 0.2) is 24.3 Å². The lowest BCUT2D eigenvalue weighted by Crippen LogP contribution is -2.41. The number of carboxylic acid groups (broad SMARTS) is 1.